The minimum absolute atomic E-state index is 0.396. The molecule has 22 heavy (non-hydrogen) atoms. The van der Waals surface area contributed by atoms with E-state index < -0.39 is 0 Å². The van der Waals surface area contributed by atoms with Gasteiger partial charge in [0, 0.05) is 18.7 Å². The zero-order valence-electron chi connectivity index (χ0n) is 13.3. The summed E-state index contributed by atoms with van der Waals surface area (Å²) in [5, 5.41) is 0. The molecular weight excluding hydrogens is 274 g/mol. The number of ether oxygens (including phenoxy) is 1. The molecule has 0 aromatic heterocycles. The number of nitrogens with zero attached hydrogens (tertiary/aromatic N) is 2. The lowest BCUT2D eigenvalue weighted by Crippen LogP contribution is -2.38. The molecule has 0 unspecified atom stereocenters. The van der Waals surface area contributed by atoms with Gasteiger partial charge >= 0.3 is 0 Å². The van der Waals surface area contributed by atoms with Crippen molar-refractivity contribution in [3.63, 3.8) is 0 Å². The molecule has 0 radical (unpaired) electrons. The van der Waals surface area contributed by atoms with Crippen molar-refractivity contribution in [3.8, 4) is 5.75 Å². The molecule has 0 spiro atoms. The van der Waals surface area contributed by atoms with Crippen LogP contribution in [0, 0.1) is 0 Å². The monoisotopic (exact) mass is 301 g/mol. The molecule has 4 heteroatoms. The molecule has 1 aliphatic heterocycles. The molecule has 2 N–H and O–H groups in total. The van der Waals surface area contributed by atoms with Gasteiger partial charge in [-0.2, -0.15) is 0 Å². The predicted molar refractivity (Wildman–Crippen MR) is 90.1 cm³/mol. The van der Waals surface area contributed by atoms with Crippen molar-refractivity contribution < 1.29 is 4.74 Å². The van der Waals surface area contributed by atoms with E-state index in [4.69, 9.17) is 10.5 Å². The van der Waals surface area contributed by atoms with Crippen molar-refractivity contribution >= 4 is 5.96 Å². The Morgan fingerprint density at radius 2 is 1.82 bits per heavy atom. The van der Waals surface area contributed by atoms with Crippen LogP contribution in [0.5, 0.6) is 5.75 Å². The molecule has 1 aromatic carbocycles. The largest absolute Gasteiger partial charge is 0.490 e. The third-order valence-corrected chi connectivity index (χ3v) is 4.66. The first kappa shape index (κ1) is 15.2. The normalized spacial score (nSPS) is 20.4. The maximum Gasteiger partial charge on any atom is 0.191 e. The molecule has 1 aromatic rings. The van der Waals surface area contributed by atoms with Gasteiger partial charge in [0.1, 0.15) is 5.75 Å². The molecule has 1 saturated carbocycles. The fourth-order valence-electron chi connectivity index (χ4n) is 2.98. The Balaban J connectivity index is 1.62. The average molecular weight is 301 g/mol. The molecule has 1 heterocycles. The molecule has 0 bridgehead atoms. The predicted octanol–water partition coefficient (Wildman–Crippen LogP) is 3.31. The van der Waals surface area contributed by atoms with Crippen LogP contribution in [0.4, 0.5) is 0 Å². The van der Waals surface area contributed by atoms with Gasteiger partial charge in [0.05, 0.1) is 12.6 Å². The van der Waals surface area contributed by atoms with E-state index in [0.717, 1.165) is 24.4 Å². The minimum Gasteiger partial charge on any atom is -0.490 e. The maximum atomic E-state index is 6.19. The first-order valence-electron chi connectivity index (χ1n) is 8.62. The Labute approximate surface area is 133 Å². The van der Waals surface area contributed by atoms with Gasteiger partial charge in [-0.3, -0.25) is 0 Å². The Kier molecular flexibility index (Phi) is 5.20. The van der Waals surface area contributed by atoms with Crippen LogP contribution in [0.1, 0.15) is 50.5 Å². The summed E-state index contributed by atoms with van der Waals surface area (Å²) in [6, 6.07) is 8.21. The highest BCUT2D eigenvalue weighted by Crippen LogP contribution is 2.27. The van der Waals surface area contributed by atoms with Crippen molar-refractivity contribution in [2.45, 2.75) is 57.6 Å². The van der Waals surface area contributed by atoms with Crippen LogP contribution in [0.15, 0.2) is 29.3 Å². The van der Waals surface area contributed by atoms with Crippen molar-refractivity contribution in [2.75, 3.05) is 13.1 Å². The fraction of sp³-hybridized carbons (Fsp3) is 0.611. The first-order chi connectivity index (χ1) is 10.8. The number of para-hydroxylation sites is 1. The average Bonchev–Trinajstić information content (AvgIpc) is 2.78. The highest BCUT2D eigenvalue weighted by atomic mass is 16.5. The summed E-state index contributed by atoms with van der Waals surface area (Å²) in [5.74, 6) is 1.65. The smallest absolute Gasteiger partial charge is 0.191 e. The van der Waals surface area contributed by atoms with E-state index in [1.807, 2.05) is 18.2 Å². The summed E-state index contributed by atoms with van der Waals surface area (Å²) in [6.45, 7) is 2.68. The SMILES string of the molecule is NC(=NCc1ccccc1OC1CCC1)N1CCCCCC1. The second-order valence-corrected chi connectivity index (χ2v) is 6.35. The van der Waals surface area contributed by atoms with Crippen LogP contribution >= 0.6 is 0 Å². The van der Waals surface area contributed by atoms with Crippen molar-refractivity contribution in [1.82, 2.24) is 4.90 Å². The Morgan fingerprint density at radius 1 is 1.09 bits per heavy atom. The van der Waals surface area contributed by atoms with Gasteiger partial charge in [0.25, 0.3) is 0 Å². The van der Waals surface area contributed by atoms with Gasteiger partial charge in [0.2, 0.25) is 0 Å². The van der Waals surface area contributed by atoms with Gasteiger partial charge in [-0.15, -0.1) is 0 Å². The minimum atomic E-state index is 0.396. The number of rotatable bonds is 4. The van der Waals surface area contributed by atoms with Crippen molar-refractivity contribution in [3.05, 3.63) is 29.8 Å². The third-order valence-electron chi connectivity index (χ3n) is 4.66. The van der Waals surface area contributed by atoms with E-state index in [2.05, 4.69) is 16.0 Å². The highest BCUT2D eigenvalue weighted by Gasteiger charge is 2.20. The molecule has 120 valence electrons. The Morgan fingerprint density at radius 3 is 2.50 bits per heavy atom. The number of aliphatic imine (C=N–C) groups is 1. The van der Waals surface area contributed by atoms with Crippen LogP contribution in [0.2, 0.25) is 0 Å². The van der Waals surface area contributed by atoms with Crippen LogP contribution < -0.4 is 10.5 Å². The third kappa shape index (κ3) is 3.93. The number of hydrogen-bond donors (Lipinski definition) is 1. The second kappa shape index (κ2) is 7.52. The quantitative estimate of drug-likeness (QED) is 0.685. The summed E-state index contributed by atoms with van der Waals surface area (Å²) in [7, 11) is 0. The molecule has 2 fully saturated rings. The standard InChI is InChI=1S/C18H27N3O/c19-18(21-12-5-1-2-6-13-21)20-14-15-8-3-4-11-17(15)22-16-9-7-10-16/h3-4,8,11,16H,1-2,5-7,9-10,12-14H2,(H2,19,20). The lowest BCUT2D eigenvalue weighted by molar-refractivity contribution is 0.119. The number of nitrogens with two attached hydrogens (primary N) is 1. The van der Waals surface area contributed by atoms with Gasteiger partial charge in [-0.1, -0.05) is 31.0 Å². The maximum absolute atomic E-state index is 6.19. The van der Waals surface area contributed by atoms with Crippen LogP contribution in [0.3, 0.4) is 0 Å². The van der Waals surface area contributed by atoms with E-state index in [-0.39, 0.29) is 0 Å². The van der Waals surface area contributed by atoms with E-state index in [9.17, 15) is 0 Å². The zero-order valence-corrected chi connectivity index (χ0v) is 13.3. The number of hydrogen-bond acceptors (Lipinski definition) is 2. The molecule has 3 rings (SSSR count). The first-order valence-corrected chi connectivity index (χ1v) is 8.62. The van der Waals surface area contributed by atoms with Gasteiger partial charge in [-0.25, -0.2) is 4.99 Å². The van der Waals surface area contributed by atoms with Gasteiger partial charge in [-0.05, 0) is 38.2 Å². The summed E-state index contributed by atoms with van der Waals surface area (Å²) in [4.78, 5) is 6.84. The molecule has 4 nitrogen and oxygen atoms in total. The number of likely N-dealkylation sites (tertiary alicyclic amines) is 1. The molecular formula is C18H27N3O. The molecule has 1 aliphatic carbocycles. The van der Waals surface area contributed by atoms with Crippen molar-refractivity contribution in [1.29, 1.82) is 0 Å². The topological polar surface area (TPSA) is 50.9 Å². The molecule has 0 amide bonds. The van der Waals surface area contributed by atoms with E-state index in [1.165, 1.54) is 44.9 Å². The van der Waals surface area contributed by atoms with Crippen LogP contribution in [-0.2, 0) is 6.54 Å². The van der Waals surface area contributed by atoms with E-state index in [1.54, 1.807) is 0 Å². The lowest BCUT2D eigenvalue weighted by Gasteiger charge is -2.27. The molecule has 1 saturated heterocycles. The molecule has 2 aliphatic rings. The summed E-state index contributed by atoms with van der Waals surface area (Å²) >= 11 is 0. The highest BCUT2D eigenvalue weighted by molar-refractivity contribution is 5.78. The van der Waals surface area contributed by atoms with E-state index >= 15 is 0 Å². The van der Waals surface area contributed by atoms with Gasteiger partial charge in [0.15, 0.2) is 5.96 Å². The Hall–Kier alpha value is -1.71. The summed E-state index contributed by atoms with van der Waals surface area (Å²) < 4.78 is 6.06. The lowest BCUT2D eigenvalue weighted by atomic mass is 9.96. The fourth-order valence-corrected chi connectivity index (χ4v) is 2.98. The number of benzene rings is 1. The van der Waals surface area contributed by atoms with E-state index in [0.29, 0.717) is 18.6 Å². The van der Waals surface area contributed by atoms with Gasteiger partial charge < -0.3 is 15.4 Å². The van der Waals surface area contributed by atoms with Crippen LogP contribution in [0.25, 0.3) is 0 Å². The zero-order chi connectivity index (χ0) is 15.2. The second-order valence-electron chi connectivity index (χ2n) is 6.35. The Bertz CT molecular complexity index is 503. The van der Waals surface area contributed by atoms with Crippen LogP contribution in [-0.4, -0.2) is 30.1 Å². The molecule has 0 atom stereocenters. The summed E-state index contributed by atoms with van der Waals surface area (Å²) in [5.41, 5.74) is 7.32. The number of guanidine groups is 1. The summed E-state index contributed by atoms with van der Waals surface area (Å²) in [6.07, 6.45) is 9.08. The van der Waals surface area contributed by atoms with Crippen molar-refractivity contribution in [2.24, 2.45) is 10.7 Å².